The summed E-state index contributed by atoms with van der Waals surface area (Å²) in [5.41, 5.74) is 8.11. The molecule has 1 aromatic rings. The highest BCUT2D eigenvalue weighted by Crippen LogP contribution is 2.16. The van der Waals surface area contributed by atoms with Crippen molar-refractivity contribution in [1.82, 2.24) is 0 Å². The van der Waals surface area contributed by atoms with Crippen molar-refractivity contribution < 1.29 is 18.7 Å². The molecule has 0 heterocycles. The van der Waals surface area contributed by atoms with E-state index in [-0.39, 0.29) is 12.2 Å². The molecule has 17 heavy (non-hydrogen) atoms. The number of esters is 1. The molecule has 1 aromatic carbocycles. The van der Waals surface area contributed by atoms with Gasteiger partial charge in [-0.1, -0.05) is 28.6 Å². The van der Waals surface area contributed by atoms with E-state index in [1.165, 1.54) is 18.2 Å². The molecule has 4 nitrogen and oxygen atoms in total. The van der Waals surface area contributed by atoms with Crippen LogP contribution in [0, 0.1) is 5.82 Å². The molecule has 1 rings (SSSR count). The fraction of sp³-hybridized carbons (Fsp3) is 0.0909. The van der Waals surface area contributed by atoms with Crippen LogP contribution in [0.2, 0.25) is 0 Å². The first kappa shape index (κ1) is 13.3. The lowest BCUT2D eigenvalue weighted by Crippen LogP contribution is -2.21. The summed E-state index contributed by atoms with van der Waals surface area (Å²) in [6, 6.07) is 3.92. The average molecular weight is 299 g/mol. The van der Waals surface area contributed by atoms with Crippen molar-refractivity contribution in [3.8, 4) is 0 Å². The Balaban J connectivity index is 3.10. The monoisotopic (exact) mass is 298 g/mol. The average Bonchev–Trinajstić information content (AvgIpc) is 2.32. The van der Waals surface area contributed by atoms with Crippen molar-refractivity contribution in [2.24, 2.45) is 0 Å². The van der Waals surface area contributed by atoms with E-state index in [1.54, 1.807) is 0 Å². The molecule has 0 aromatic heterocycles. The van der Waals surface area contributed by atoms with Gasteiger partial charge >= 0.3 is 11.7 Å². The predicted molar refractivity (Wildman–Crippen MR) is 63.0 cm³/mol. The van der Waals surface area contributed by atoms with Crippen LogP contribution in [0.1, 0.15) is 5.56 Å². The molecule has 0 aliphatic rings. The minimum Gasteiger partial charge on any atom is -0.453 e. The van der Waals surface area contributed by atoms with Crippen molar-refractivity contribution in [2.75, 3.05) is 6.61 Å². The van der Waals surface area contributed by atoms with Gasteiger partial charge in [-0.3, -0.25) is 0 Å². The Labute approximate surface area is 105 Å². The Bertz CT molecular complexity index is 510. The summed E-state index contributed by atoms with van der Waals surface area (Å²) in [6.45, 7) is 3.31. The molecule has 0 spiro atoms. The number of carbonyl (C=O) groups excluding carboxylic acids is 1. The molecule has 0 aliphatic carbocycles. The first-order valence-corrected chi connectivity index (χ1v) is 5.35. The molecule has 0 amide bonds. The fourth-order valence-corrected chi connectivity index (χ4v) is 1.45. The van der Waals surface area contributed by atoms with E-state index in [4.69, 9.17) is 5.53 Å². The zero-order valence-corrected chi connectivity index (χ0v) is 10.3. The Morgan fingerprint density at radius 1 is 1.65 bits per heavy atom. The minimum atomic E-state index is -0.926. The third kappa shape index (κ3) is 3.34. The van der Waals surface area contributed by atoms with Crippen LogP contribution in [0.3, 0.4) is 0 Å². The van der Waals surface area contributed by atoms with Gasteiger partial charge in [-0.15, -0.1) is 0 Å². The van der Waals surface area contributed by atoms with Gasteiger partial charge in [0.25, 0.3) is 0 Å². The number of carbonyl (C=O) groups is 1. The maximum Gasteiger partial charge on any atom is 0.422 e. The zero-order valence-electron chi connectivity index (χ0n) is 8.69. The van der Waals surface area contributed by atoms with Crippen LogP contribution in [-0.2, 0) is 9.53 Å². The summed E-state index contributed by atoms with van der Waals surface area (Å²) < 4.78 is 18.7. The summed E-state index contributed by atoms with van der Waals surface area (Å²) in [7, 11) is 0. The maximum atomic E-state index is 13.4. The largest absolute Gasteiger partial charge is 0.453 e. The van der Waals surface area contributed by atoms with Gasteiger partial charge in [0.1, 0.15) is 18.0 Å². The molecule has 88 valence electrons. The van der Waals surface area contributed by atoms with Gasteiger partial charge in [0.2, 0.25) is 0 Å². The number of benzene rings is 1. The quantitative estimate of drug-likeness (QED) is 0.282. The lowest BCUT2D eigenvalue weighted by Gasteiger charge is -2.00. The third-order valence-electron chi connectivity index (χ3n) is 1.81. The first-order chi connectivity index (χ1) is 8.10. The molecule has 0 atom stereocenters. The van der Waals surface area contributed by atoms with Gasteiger partial charge in [-0.25, -0.2) is 9.18 Å². The van der Waals surface area contributed by atoms with Crippen molar-refractivity contribution in [1.29, 1.82) is 0 Å². The minimum absolute atomic E-state index is 0.0481. The highest BCUT2D eigenvalue weighted by atomic mass is 79.9. The van der Waals surface area contributed by atoms with E-state index in [0.29, 0.717) is 4.47 Å². The molecule has 0 aliphatic heterocycles. The lowest BCUT2D eigenvalue weighted by atomic mass is 10.1. The highest BCUT2D eigenvalue weighted by molar-refractivity contribution is 9.10. The molecule has 0 unspecified atom stereocenters. The van der Waals surface area contributed by atoms with Crippen LogP contribution >= 0.6 is 15.9 Å². The van der Waals surface area contributed by atoms with Crippen LogP contribution < -0.4 is 0 Å². The Hall–Kier alpha value is -1.78. The number of rotatable bonds is 4. The first-order valence-electron chi connectivity index (χ1n) is 4.55. The van der Waals surface area contributed by atoms with Crippen LogP contribution in [0.15, 0.2) is 35.3 Å². The van der Waals surface area contributed by atoms with Gasteiger partial charge in [0.15, 0.2) is 0 Å². The van der Waals surface area contributed by atoms with Gasteiger partial charge < -0.3 is 10.3 Å². The second kappa shape index (κ2) is 6.08. The summed E-state index contributed by atoms with van der Waals surface area (Å²) in [5, 5.41) is 0. The van der Waals surface area contributed by atoms with E-state index >= 15 is 0 Å². The molecule has 0 fully saturated rings. The third-order valence-corrected chi connectivity index (χ3v) is 2.30. The number of hydrogen-bond acceptors (Lipinski definition) is 2. The second-order valence-electron chi connectivity index (χ2n) is 2.96. The van der Waals surface area contributed by atoms with Crippen molar-refractivity contribution in [2.45, 2.75) is 0 Å². The summed E-state index contributed by atoms with van der Waals surface area (Å²) >= 11 is 3.12. The van der Waals surface area contributed by atoms with E-state index in [9.17, 15) is 9.18 Å². The predicted octanol–water partition coefficient (Wildman–Crippen LogP) is 2.34. The standard InChI is InChI=1S/C11H8BrFN2O2/c1-2-5-17-11(16)10(15-14)8-6-7(12)3-4-9(8)13/h2-4,6H,1,5H2. The Kier molecular flexibility index (Phi) is 4.75. The topological polar surface area (TPSA) is 62.7 Å². The van der Waals surface area contributed by atoms with E-state index in [1.807, 2.05) is 0 Å². The van der Waals surface area contributed by atoms with E-state index in [2.05, 4.69) is 32.0 Å². The SMILES string of the molecule is C=CCOC(=O)C(=[N+]=[N-])c1cc(Br)ccc1F. The molecule has 6 heteroatoms. The van der Waals surface area contributed by atoms with Crippen LogP contribution in [0.25, 0.3) is 5.53 Å². The number of ether oxygens (including phenoxy) is 1. The summed E-state index contributed by atoms with van der Waals surface area (Å²) in [4.78, 5) is 14.2. The smallest absolute Gasteiger partial charge is 0.422 e. The Morgan fingerprint density at radius 3 is 2.94 bits per heavy atom. The molecular formula is C11H8BrFN2O2. The van der Waals surface area contributed by atoms with Gasteiger partial charge in [-0.2, -0.15) is 4.79 Å². The molecule has 0 radical (unpaired) electrons. The molecular weight excluding hydrogens is 291 g/mol. The highest BCUT2D eigenvalue weighted by Gasteiger charge is 2.27. The second-order valence-corrected chi connectivity index (χ2v) is 3.88. The lowest BCUT2D eigenvalue weighted by molar-refractivity contribution is -0.138. The normalized spacial score (nSPS) is 9.29. The molecule has 0 N–H and O–H groups in total. The van der Waals surface area contributed by atoms with Gasteiger partial charge in [-0.05, 0) is 18.2 Å². The van der Waals surface area contributed by atoms with Crippen LogP contribution in [0.5, 0.6) is 0 Å². The van der Waals surface area contributed by atoms with Crippen molar-refractivity contribution in [3.05, 3.63) is 52.2 Å². The summed E-state index contributed by atoms with van der Waals surface area (Å²) in [5.74, 6) is -1.61. The van der Waals surface area contributed by atoms with Crippen molar-refractivity contribution >= 4 is 27.6 Å². The number of hydrogen-bond donors (Lipinski definition) is 0. The van der Waals surface area contributed by atoms with Crippen molar-refractivity contribution in [3.63, 3.8) is 0 Å². The molecule has 0 saturated heterocycles. The van der Waals surface area contributed by atoms with Gasteiger partial charge in [0, 0.05) is 4.47 Å². The number of halogens is 2. The van der Waals surface area contributed by atoms with E-state index in [0.717, 1.165) is 6.07 Å². The zero-order chi connectivity index (χ0) is 12.8. The van der Waals surface area contributed by atoms with Gasteiger partial charge in [0.05, 0.1) is 0 Å². The summed E-state index contributed by atoms with van der Waals surface area (Å²) in [6.07, 6.45) is 1.35. The van der Waals surface area contributed by atoms with Crippen LogP contribution in [-0.4, -0.2) is 23.1 Å². The molecule has 0 saturated carbocycles. The fourth-order valence-electron chi connectivity index (χ4n) is 1.09. The molecule has 0 bridgehead atoms. The van der Waals surface area contributed by atoms with E-state index < -0.39 is 17.5 Å². The number of nitrogens with zero attached hydrogens (tertiary/aromatic N) is 2. The van der Waals surface area contributed by atoms with Crippen LogP contribution in [0.4, 0.5) is 4.39 Å². The maximum absolute atomic E-state index is 13.4. The Morgan fingerprint density at radius 2 is 2.35 bits per heavy atom.